The van der Waals surface area contributed by atoms with Crippen molar-refractivity contribution >= 4 is 11.9 Å². The van der Waals surface area contributed by atoms with Crippen molar-refractivity contribution in [1.82, 2.24) is 15.5 Å². The molecule has 2 saturated heterocycles. The zero-order valence-corrected chi connectivity index (χ0v) is 9.96. The Morgan fingerprint density at radius 2 is 2.06 bits per heavy atom. The predicted octanol–water partition coefficient (Wildman–Crippen LogP) is -3.42. The fourth-order valence-corrected chi connectivity index (χ4v) is 2.35. The fraction of sp³-hybridized carbons (Fsp3) is 0.800. The molecule has 0 bridgehead atoms. The maximum atomic E-state index is 11.2. The SMILES string of the molecule is NC(=O)C(=O)OC1CNCCN1[C@H]1CNC[C@@H]1O. The summed E-state index contributed by atoms with van der Waals surface area (Å²) < 4.78 is 5.04. The molecule has 2 heterocycles. The van der Waals surface area contributed by atoms with Gasteiger partial charge in [0.05, 0.1) is 12.1 Å². The van der Waals surface area contributed by atoms with Crippen molar-refractivity contribution in [3.05, 3.63) is 0 Å². The molecule has 5 N–H and O–H groups in total. The highest BCUT2D eigenvalue weighted by Gasteiger charge is 2.37. The lowest BCUT2D eigenvalue weighted by Crippen LogP contribution is -2.60. The molecule has 0 aromatic rings. The fourth-order valence-electron chi connectivity index (χ4n) is 2.35. The first-order valence-electron chi connectivity index (χ1n) is 5.95. The number of primary amides is 1. The van der Waals surface area contributed by atoms with Crippen LogP contribution in [0.2, 0.25) is 0 Å². The van der Waals surface area contributed by atoms with Crippen LogP contribution in [0.3, 0.4) is 0 Å². The smallest absolute Gasteiger partial charge is 0.398 e. The van der Waals surface area contributed by atoms with Gasteiger partial charge in [-0.05, 0) is 0 Å². The third-order valence-electron chi connectivity index (χ3n) is 3.26. The zero-order chi connectivity index (χ0) is 13.1. The Morgan fingerprint density at radius 3 is 2.67 bits per heavy atom. The number of hydrogen-bond donors (Lipinski definition) is 4. The lowest BCUT2D eigenvalue weighted by Gasteiger charge is -2.39. The Labute approximate surface area is 104 Å². The van der Waals surface area contributed by atoms with Gasteiger partial charge in [0.1, 0.15) is 0 Å². The van der Waals surface area contributed by atoms with E-state index in [4.69, 9.17) is 10.5 Å². The van der Waals surface area contributed by atoms with Gasteiger partial charge in [0.25, 0.3) is 0 Å². The number of carbonyl (C=O) groups is 2. The highest BCUT2D eigenvalue weighted by Crippen LogP contribution is 2.15. The molecule has 0 aromatic heterocycles. The molecule has 0 saturated carbocycles. The molecule has 18 heavy (non-hydrogen) atoms. The average Bonchev–Trinajstić information content (AvgIpc) is 2.76. The van der Waals surface area contributed by atoms with Gasteiger partial charge in [0, 0.05) is 32.7 Å². The van der Waals surface area contributed by atoms with Crippen LogP contribution in [0.1, 0.15) is 0 Å². The minimum Gasteiger partial charge on any atom is -0.438 e. The van der Waals surface area contributed by atoms with E-state index in [-0.39, 0.29) is 6.04 Å². The minimum absolute atomic E-state index is 0.113. The number of hydrogen-bond acceptors (Lipinski definition) is 7. The average molecular weight is 258 g/mol. The summed E-state index contributed by atoms with van der Waals surface area (Å²) in [6.07, 6.45) is -1.07. The van der Waals surface area contributed by atoms with Crippen LogP contribution in [-0.4, -0.2) is 73.0 Å². The summed E-state index contributed by atoms with van der Waals surface area (Å²) in [5.74, 6) is -2.15. The van der Waals surface area contributed by atoms with Gasteiger partial charge >= 0.3 is 11.9 Å². The van der Waals surface area contributed by atoms with Crippen molar-refractivity contribution in [3.8, 4) is 0 Å². The molecule has 0 aromatic carbocycles. The molecule has 0 radical (unpaired) electrons. The summed E-state index contributed by atoms with van der Waals surface area (Å²) in [5, 5.41) is 16.0. The van der Waals surface area contributed by atoms with Crippen molar-refractivity contribution in [2.45, 2.75) is 18.4 Å². The van der Waals surface area contributed by atoms with Gasteiger partial charge in [-0.3, -0.25) is 9.69 Å². The molecule has 3 atom stereocenters. The van der Waals surface area contributed by atoms with Gasteiger partial charge in [-0.2, -0.15) is 0 Å². The Hall–Kier alpha value is -1.22. The van der Waals surface area contributed by atoms with E-state index in [1.807, 2.05) is 4.90 Å². The largest absolute Gasteiger partial charge is 0.438 e. The van der Waals surface area contributed by atoms with Crippen LogP contribution >= 0.6 is 0 Å². The van der Waals surface area contributed by atoms with Crippen LogP contribution in [0.25, 0.3) is 0 Å². The molecule has 1 unspecified atom stereocenters. The topological polar surface area (TPSA) is 117 Å². The summed E-state index contributed by atoms with van der Waals surface area (Å²) in [6, 6.07) is -0.113. The number of aliphatic hydroxyl groups is 1. The first-order valence-corrected chi connectivity index (χ1v) is 5.95. The summed E-state index contributed by atoms with van der Waals surface area (Å²) in [6.45, 7) is 2.95. The number of β-amino-alcohol motifs (C(OH)–C–C–N with tert-alkyl or cyclic N) is 1. The summed E-state index contributed by atoms with van der Waals surface area (Å²) >= 11 is 0. The number of amides is 1. The monoisotopic (exact) mass is 258 g/mol. The maximum Gasteiger partial charge on any atom is 0.398 e. The van der Waals surface area contributed by atoms with Gasteiger partial charge in [-0.1, -0.05) is 0 Å². The standard InChI is InChI=1S/C10H18N4O4/c11-9(16)10(17)18-8-5-12-1-2-14(8)6-3-13-4-7(6)15/h6-8,12-13,15H,1-5H2,(H2,11,16)/t6-,7-,8?/m0/s1. The molecular weight excluding hydrogens is 240 g/mol. The minimum atomic E-state index is -1.11. The number of nitrogens with two attached hydrogens (primary N) is 1. The molecule has 0 aliphatic carbocycles. The van der Waals surface area contributed by atoms with E-state index in [1.165, 1.54) is 0 Å². The van der Waals surface area contributed by atoms with Crippen LogP contribution < -0.4 is 16.4 Å². The normalized spacial score (nSPS) is 33.3. The maximum absolute atomic E-state index is 11.2. The van der Waals surface area contributed by atoms with Crippen molar-refractivity contribution in [2.75, 3.05) is 32.7 Å². The molecule has 0 spiro atoms. The van der Waals surface area contributed by atoms with Gasteiger partial charge in [0.15, 0.2) is 6.23 Å². The third-order valence-corrected chi connectivity index (χ3v) is 3.26. The van der Waals surface area contributed by atoms with Crippen molar-refractivity contribution < 1.29 is 19.4 Å². The number of esters is 1. The number of nitrogens with zero attached hydrogens (tertiary/aromatic N) is 1. The molecular formula is C10H18N4O4. The lowest BCUT2D eigenvalue weighted by atomic mass is 10.1. The molecule has 102 valence electrons. The highest BCUT2D eigenvalue weighted by molar-refractivity contribution is 6.31. The van der Waals surface area contributed by atoms with Crippen LogP contribution in [0, 0.1) is 0 Å². The zero-order valence-electron chi connectivity index (χ0n) is 9.96. The molecule has 1 amide bonds. The first-order chi connectivity index (χ1) is 8.59. The van der Waals surface area contributed by atoms with Crippen LogP contribution in [-0.2, 0) is 14.3 Å². The number of ether oxygens (including phenoxy) is 1. The van der Waals surface area contributed by atoms with Crippen molar-refractivity contribution in [2.24, 2.45) is 5.73 Å². The van der Waals surface area contributed by atoms with E-state index < -0.39 is 24.2 Å². The molecule has 2 aliphatic heterocycles. The lowest BCUT2D eigenvalue weighted by molar-refractivity contribution is -0.170. The van der Waals surface area contributed by atoms with E-state index in [9.17, 15) is 14.7 Å². The number of nitrogens with one attached hydrogen (secondary N) is 2. The Bertz CT molecular complexity index is 338. The van der Waals surface area contributed by atoms with Gasteiger partial charge in [-0.25, -0.2) is 4.79 Å². The van der Waals surface area contributed by atoms with E-state index >= 15 is 0 Å². The van der Waals surface area contributed by atoms with E-state index in [2.05, 4.69) is 10.6 Å². The molecule has 2 rings (SSSR count). The first kappa shape index (κ1) is 13.2. The second kappa shape index (κ2) is 5.61. The summed E-state index contributed by atoms with van der Waals surface area (Å²) in [5.41, 5.74) is 4.87. The molecule has 8 nitrogen and oxygen atoms in total. The molecule has 2 fully saturated rings. The van der Waals surface area contributed by atoms with E-state index in [0.717, 1.165) is 6.54 Å². The number of carbonyl (C=O) groups excluding carboxylic acids is 2. The van der Waals surface area contributed by atoms with E-state index in [0.29, 0.717) is 26.2 Å². The van der Waals surface area contributed by atoms with Gasteiger partial charge < -0.3 is 26.2 Å². The van der Waals surface area contributed by atoms with Crippen LogP contribution in [0.15, 0.2) is 0 Å². The second-order valence-electron chi connectivity index (χ2n) is 4.46. The Kier molecular flexibility index (Phi) is 4.12. The predicted molar refractivity (Wildman–Crippen MR) is 61.3 cm³/mol. The Morgan fingerprint density at radius 1 is 1.28 bits per heavy atom. The van der Waals surface area contributed by atoms with E-state index in [1.54, 1.807) is 0 Å². The third kappa shape index (κ3) is 2.78. The van der Waals surface area contributed by atoms with Crippen LogP contribution in [0.4, 0.5) is 0 Å². The van der Waals surface area contributed by atoms with Gasteiger partial charge in [0.2, 0.25) is 0 Å². The van der Waals surface area contributed by atoms with Crippen LogP contribution in [0.5, 0.6) is 0 Å². The van der Waals surface area contributed by atoms with Crippen molar-refractivity contribution in [3.63, 3.8) is 0 Å². The second-order valence-corrected chi connectivity index (χ2v) is 4.46. The summed E-state index contributed by atoms with van der Waals surface area (Å²) in [7, 11) is 0. The van der Waals surface area contributed by atoms with Crippen molar-refractivity contribution in [1.29, 1.82) is 0 Å². The highest BCUT2D eigenvalue weighted by atomic mass is 16.6. The number of aliphatic hydroxyl groups excluding tert-OH is 1. The van der Waals surface area contributed by atoms with Gasteiger partial charge in [-0.15, -0.1) is 0 Å². The number of rotatable bonds is 2. The molecule has 8 heteroatoms. The number of piperazine rings is 1. The quantitative estimate of drug-likeness (QED) is 0.301. The Balaban J connectivity index is 2.01. The summed E-state index contributed by atoms with van der Waals surface area (Å²) in [4.78, 5) is 23.8. The molecule has 2 aliphatic rings.